The summed E-state index contributed by atoms with van der Waals surface area (Å²) < 4.78 is 31.1. The Hall–Kier alpha value is -0.430. The van der Waals surface area contributed by atoms with Crippen molar-refractivity contribution in [3.8, 4) is 0 Å². The molecule has 0 unspecified atom stereocenters. The Morgan fingerprint density at radius 1 is 1.20 bits per heavy atom. The fourth-order valence-electron chi connectivity index (χ4n) is 2.48. The minimum Gasteiger partial charge on any atom is -0.373 e. The quantitative estimate of drug-likeness (QED) is 0.825. The molecule has 2 atom stereocenters. The van der Waals surface area contributed by atoms with Crippen LogP contribution < -0.4 is 0 Å². The van der Waals surface area contributed by atoms with Crippen molar-refractivity contribution in [3.63, 3.8) is 0 Å². The number of morpholine rings is 1. The maximum atomic E-state index is 12.3. The molecule has 0 N–H and O–H groups in total. The van der Waals surface area contributed by atoms with Crippen LogP contribution >= 0.6 is 15.9 Å². The molecule has 2 rings (SSSR count). The van der Waals surface area contributed by atoms with Gasteiger partial charge in [0.1, 0.15) is 0 Å². The molecule has 0 bridgehead atoms. The second-order valence-corrected chi connectivity index (χ2v) is 8.31. The van der Waals surface area contributed by atoms with E-state index in [1.165, 1.54) is 0 Å². The van der Waals surface area contributed by atoms with Gasteiger partial charge in [-0.3, -0.25) is 4.90 Å². The highest BCUT2D eigenvalue weighted by Crippen LogP contribution is 2.17. The lowest BCUT2D eigenvalue weighted by molar-refractivity contribution is -0.0662. The number of hydrogen-bond acceptors (Lipinski definition) is 4. The molecule has 1 heterocycles. The second kappa shape index (κ2) is 6.56. The van der Waals surface area contributed by atoms with Gasteiger partial charge in [-0.05, 0) is 38.1 Å². The summed E-state index contributed by atoms with van der Waals surface area (Å²) in [6.45, 7) is 6.18. The zero-order valence-corrected chi connectivity index (χ0v) is 14.2. The molecule has 4 nitrogen and oxygen atoms in total. The minimum absolute atomic E-state index is 0.147. The largest absolute Gasteiger partial charge is 0.373 e. The molecule has 1 aliphatic heterocycles. The van der Waals surface area contributed by atoms with Gasteiger partial charge in [-0.15, -0.1) is 0 Å². The monoisotopic (exact) mass is 361 g/mol. The van der Waals surface area contributed by atoms with Crippen molar-refractivity contribution in [1.82, 2.24) is 4.90 Å². The number of ether oxygens (including phenoxy) is 1. The summed E-state index contributed by atoms with van der Waals surface area (Å²) in [5.74, 6) is 0.147. The van der Waals surface area contributed by atoms with E-state index < -0.39 is 9.84 Å². The minimum atomic E-state index is -3.21. The summed E-state index contributed by atoms with van der Waals surface area (Å²) >= 11 is 3.31. The summed E-state index contributed by atoms with van der Waals surface area (Å²) in [7, 11) is -3.21. The standard InChI is InChI=1S/C14H20BrNO3S/c1-11-9-16(10-12(2)19-11)7-8-20(17,18)14-5-3-13(15)4-6-14/h3-6,11-12H,7-10H2,1-2H3/t11-,12-/m0/s1. The lowest BCUT2D eigenvalue weighted by Crippen LogP contribution is -2.46. The molecular weight excluding hydrogens is 342 g/mol. The van der Waals surface area contributed by atoms with Crippen LogP contribution in [0.5, 0.6) is 0 Å². The third-order valence-electron chi connectivity index (χ3n) is 3.34. The van der Waals surface area contributed by atoms with Crippen LogP contribution in [-0.2, 0) is 14.6 Å². The first-order chi connectivity index (χ1) is 9.37. The first kappa shape index (κ1) is 15.9. The van der Waals surface area contributed by atoms with Crippen LogP contribution in [0.25, 0.3) is 0 Å². The summed E-state index contributed by atoms with van der Waals surface area (Å²) in [6, 6.07) is 6.80. The van der Waals surface area contributed by atoms with Crippen LogP contribution in [0.1, 0.15) is 13.8 Å². The molecule has 0 saturated carbocycles. The zero-order chi connectivity index (χ0) is 14.8. The van der Waals surface area contributed by atoms with E-state index in [1.54, 1.807) is 24.3 Å². The number of hydrogen-bond donors (Lipinski definition) is 0. The molecule has 0 amide bonds. The van der Waals surface area contributed by atoms with E-state index >= 15 is 0 Å². The zero-order valence-electron chi connectivity index (χ0n) is 11.8. The van der Waals surface area contributed by atoms with Crippen molar-refractivity contribution >= 4 is 25.8 Å². The number of halogens is 1. The first-order valence-electron chi connectivity index (χ1n) is 6.73. The smallest absolute Gasteiger partial charge is 0.179 e. The predicted octanol–water partition coefficient (Wildman–Crippen LogP) is 2.33. The molecule has 1 saturated heterocycles. The van der Waals surface area contributed by atoms with E-state index in [9.17, 15) is 8.42 Å². The van der Waals surface area contributed by atoms with Gasteiger partial charge in [0.05, 0.1) is 22.9 Å². The molecule has 0 spiro atoms. The summed E-state index contributed by atoms with van der Waals surface area (Å²) in [5.41, 5.74) is 0. The Labute approximate surface area is 129 Å². The van der Waals surface area contributed by atoms with Gasteiger partial charge in [0.25, 0.3) is 0 Å². The van der Waals surface area contributed by atoms with Crippen molar-refractivity contribution in [1.29, 1.82) is 0 Å². The van der Waals surface area contributed by atoms with Gasteiger partial charge in [-0.1, -0.05) is 15.9 Å². The van der Waals surface area contributed by atoms with Crippen molar-refractivity contribution in [2.75, 3.05) is 25.4 Å². The van der Waals surface area contributed by atoms with Gasteiger partial charge < -0.3 is 4.74 Å². The van der Waals surface area contributed by atoms with Crippen LogP contribution in [-0.4, -0.2) is 50.9 Å². The molecule has 0 radical (unpaired) electrons. The SMILES string of the molecule is C[C@H]1CN(CCS(=O)(=O)c2ccc(Br)cc2)C[C@H](C)O1. The predicted molar refractivity (Wildman–Crippen MR) is 82.6 cm³/mol. The lowest BCUT2D eigenvalue weighted by atomic mass is 10.2. The molecule has 1 aromatic rings. The molecule has 0 aromatic heterocycles. The Balaban J connectivity index is 1.97. The maximum Gasteiger partial charge on any atom is 0.179 e. The van der Waals surface area contributed by atoms with Gasteiger partial charge in [0, 0.05) is 24.1 Å². The molecule has 0 aliphatic carbocycles. The molecule has 6 heteroatoms. The fourth-order valence-corrected chi connectivity index (χ4v) is 4.03. The second-order valence-electron chi connectivity index (χ2n) is 5.29. The van der Waals surface area contributed by atoms with Crippen molar-refractivity contribution in [2.24, 2.45) is 0 Å². The average molecular weight is 362 g/mol. The van der Waals surface area contributed by atoms with Crippen molar-refractivity contribution in [3.05, 3.63) is 28.7 Å². The number of sulfone groups is 1. The van der Waals surface area contributed by atoms with E-state index in [1.807, 2.05) is 13.8 Å². The summed E-state index contributed by atoms with van der Waals surface area (Å²) in [4.78, 5) is 2.55. The molecular formula is C14H20BrNO3S. The lowest BCUT2D eigenvalue weighted by Gasteiger charge is -2.35. The Morgan fingerprint density at radius 2 is 1.75 bits per heavy atom. The molecule has 1 aromatic carbocycles. The Morgan fingerprint density at radius 3 is 2.30 bits per heavy atom. The maximum absolute atomic E-state index is 12.3. The first-order valence-corrected chi connectivity index (χ1v) is 9.17. The van der Waals surface area contributed by atoms with Gasteiger partial charge >= 0.3 is 0 Å². The highest BCUT2D eigenvalue weighted by atomic mass is 79.9. The Bertz CT molecular complexity index is 534. The topological polar surface area (TPSA) is 46.6 Å². The Kier molecular flexibility index (Phi) is 5.23. The van der Waals surface area contributed by atoms with Crippen molar-refractivity contribution < 1.29 is 13.2 Å². The van der Waals surface area contributed by atoms with Gasteiger partial charge in [0.2, 0.25) is 0 Å². The molecule has 1 aliphatic rings. The third-order valence-corrected chi connectivity index (χ3v) is 5.58. The normalized spacial score (nSPS) is 24.8. The fraction of sp³-hybridized carbons (Fsp3) is 0.571. The molecule has 1 fully saturated rings. The molecule has 20 heavy (non-hydrogen) atoms. The van der Waals surface area contributed by atoms with E-state index in [-0.39, 0.29) is 18.0 Å². The number of benzene rings is 1. The average Bonchev–Trinajstić information content (AvgIpc) is 2.36. The van der Waals surface area contributed by atoms with Gasteiger partial charge in [0.15, 0.2) is 9.84 Å². The number of nitrogens with zero attached hydrogens (tertiary/aromatic N) is 1. The number of rotatable bonds is 4. The van der Waals surface area contributed by atoms with E-state index in [0.717, 1.165) is 17.6 Å². The van der Waals surface area contributed by atoms with Gasteiger partial charge in [-0.25, -0.2) is 8.42 Å². The van der Waals surface area contributed by atoms with E-state index in [2.05, 4.69) is 20.8 Å². The van der Waals surface area contributed by atoms with E-state index in [0.29, 0.717) is 11.4 Å². The van der Waals surface area contributed by atoms with Crippen LogP contribution in [0, 0.1) is 0 Å². The van der Waals surface area contributed by atoms with Crippen LogP contribution in [0.3, 0.4) is 0 Å². The third kappa shape index (κ3) is 4.28. The summed E-state index contributed by atoms with van der Waals surface area (Å²) in [6.07, 6.45) is 0.322. The highest BCUT2D eigenvalue weighted by Gasteiger charge is 2.24. The summed E-state index contributed by atoms with van der Waals surface area (Å²) in [5, 5.41) is 0. The van der Waals surface area contributed by atoms with Crippen LogP contribution in [0.15, 0.2) is 33.6 Å². The molecule has 112 valence electrons. The van der Waals surface area contributed by atoms with Crippen molar-refractivity contribution in [2.45, 2.75) is 31.0 Å². The van der Waals surface area contributed by atoms with Crippen LogP contribution in [0.2, 0.25) is 0 Å². The van der Waals surface area contributed by atoms with Gasteiger partial charge in [-0.2, -0.15) is 0 Å². The van der Waals surface area contributed by atoms with E-state index in [4.69, 9.17) is 4.74 Å². The highest BCUT2D eigenvalue weighted by molar-refractivity contribution is 9.10. The van der Waals surface area contributed by atoms with Crippen LogP contribution in [0.4, 0.5) is 0 Å².